The first-order valence-corrected chi connectivity index (χ1v) is 15.1. The molecule has 1 aliphatic heterocycles. The van der Waals surface area contributed by atoms with Crippen molar-refractivity contribution in [3.05, 3.63) is 78.7 Å². The van der Waals surface area contributed by atoms with Crippen LogP contribution >= 0.6 is 39.0 Å². The zero-order valence-electron chi connectivity index (χ0n) is 20.3. The zero-order chi connectivity index (χ0) is 25.7. The van der Waals surface area contributed by atoms with E-state index in [1.807, 2.05) is 17.8 Å². The molecular weight excluding hydrogens is 572 g/mol. The van der Waals surface area contributed by atoms with Gasteiger partial charge in [0.2, 0.25) is 5.91 Å². The van der Waals surface area contributed by atoms with E-state index in [-0.39, 0.29) is 23.2 Å². The van der Waals surface area contributed by atoms with Crippen molar-refractivity contribution >= 4 is 56.6 Å². The fourth-order valence-corrected chi connectivity index (χ4v) is 9.98. The van der Waals surface area contributed by atoms with Gasteiger partial charge in [0, 0.05) is 26.2 Å². The Labute approximate surface area is 231 Å². The van der Waals surface area contributed by atoms with Crippen LogP contribution < -0.4 is 10.2 Å². The molecule has 6 nitrogen and oxygen atoms in total. The summed E-state index contributed by atoms with van der Waals surface area (Å²) < 4.78 is 7.72. The average Bonchev–Trinajstić information content (AvgIpc) is 3.58. The molecule has 2 saturated carbocycles. The van der Waals surface area contributed by atoms with E-state index < -0.39 is 5.97 Å². The highest BCUT2D eigenvalue weighted by Crippen LogP contribution is 2.64. The number of thiazole rings is 1. The number of carbonyl (C=O) groups is 2. The van der Waals surface area contributed by atoms with Gasteiger partial charge in [-0.05, 0) is 85.9 Å². The van der Waals surface area contributed by atoms with Crippen LogP contribution in [0.1, 0.15) is 52.9 Å². The number of halogens is 1. The number of thioether (sulfide) groups is 1. The Kier molecular flexibility index (Phi) is 6.79. The molecule has 2 aliphatic carbocycles. The van der Waals surface area contributed by atoms with Crippen molar-refractivity contribution in [2.45, 2.75) is 48.9 Å². The lowest BCUT2D eigenvalue weighted by Crippen LogP contribution is -2.34. The van der Waals surface area contributed by atoms with E-state index in [2.05, 4.69) is 39.4 Å². The summed E-state index contributed by atoms with van der Waals surface area (Å²) in [7, 11) is 0. The molecule has 2 heterocycles. The Morgan fingerprint density at radius 2 is 1.92 bits per heavy atom. The van der Waals surface area contributed by atoms with Crippen LogP contribution in [0.3, 0.4) is 0 Å². The number of nitrogens with zero attached hydrogens (tertiary/aromatic N) is 1. The van der Waals surface area contributed by atoms with Crippen LogP contribution in [0.2, 0.25) is 0 Å². The molecule has 0 spiro atoms. The summed E-state index contributed by atoms with van der Waals surface area (Å²) in [4.78, 5) is 39.2. The minimum absolute atomic E-state index is 0.0337. The average molecular weight is 600 g/mol. The van der Waals surface area contributed by atoms with Crippen LogP contribution in [0.15, 0.2) is 62.8 Å². The van der Waals surface area contributed by atoms with E-state index in [4.69, 9.17) is 4.74 Å². The van der Waals surface area contributed by atoms with Gasteiger partial charge in [-0.1, -0.05) is 39.4 Å². The summed E-state index contributed by atoms with van der Waals surface area (Å²) in [6.07, 6.45) is 3.81. The summed E-state index contributed by atoms with van der Waals surface area (Å²) >= 11 is 6.77. The first-order valence-electron chi connectivity index (χ1n) is 12.7. The van der Waals surface area contributed by atoms with Gasteiger partial charge >= 0.3 is 10.8 Å². The third-order valence-electron chi connectivity index (χ3n) is 7.88. The van der Waals surface area contributed by atoms with Gasteiger partial charge in [-0.25, -0.2) is 4.79 Å². The normalized spacial score (nSPS) is 25.4. The Hall–Kier alpha value is -2.36. The number of benzene rings is 2. The molecule has 3 aliphatic rings. The van der Waals surface area contributed by atoms with Crippen LogP contribution in [0.5, 0.6) is 0 Å². The van der Waals surface area contributed by atoms with Crippen molar-refractivity contribution in [1.29, 1.82) is 0 Å². The van der Waals surface area contributed by atoms with Gasteiger partial charge in [0.15, 0.2) is 0 Å². The highest BCUT2D eigenvalue weighted by atomic mass is 79.9. The quantitative estimate of drug-likeness (QED) is 0.345. The summed E-state index contributed by atoms with van der Waals surface area (Å²) in [6, 6.07) is 15.1. The van der Waals surface area contributed by atoms with E-state index in [0.29, 0.717) is 40.9 Å². The molecular formula is C28H27BrN2O4S2. The lowest BCUT2D eigenvalue weighted by atomic mass is 9.75. The molecule has 9 heteroatoms. The number of esters is 1. The van der Waals surface area contributed by atoms with Crippen molar-refractivity contribution < 1.29 is 14.3 Å². The first-order chi connectivity index (χ1) is 17.9. The Morgan fingerprint density at radius 1 is 1.14 bits per heavy atom. The van der Waals surface area contributed by atoms with Crippen LogP contribution in [-0.4, -0.2) is 28.3 Å². The predicted octanol–water partition coefficient (Wildman–Crippen LogP) is 6.14. The maximum Gasteiger partial charge on any atom is 0.338 e. The number of aromatic nitrogens is 1. The standard InChI is InChI=1S/C28H27BrN2O4S2/c1-2-35-27(33)15-8-10-20(11-9-15)30-21(32)14-31-26-25(37-28(31)34)23(16-4-3-5-19(29)13-16)22-17-6-7-18(12-17)24(22)36-26/h3-5,8-11,13,17-18,22-24H,2,6-7,12,14H2,1H3,(H,30,32)/t17-,18-,22-,23-,24+/m0/s1. The molecule has 2 bridgehead atoms. The molecule has 0 unspecified atom stereocenters. The van der Waals surface area contributed by atoms with Gasteiger partial charge in [0.05, 0.1) is 17.2 Å². The van der Waals surface area contributed by atoms with E-state index in [1.165, 1.54) is 36.2 Å². The number of ether oxygens (including phenoxy) is 1. The minimum Gasteiger partial charge on any atom is -0.462 e. The van der Waals surface area contributed by atoms with E-state index in [0.717, 1.165) is 14.4 Å². The van der Waals surface area contributed by atoms with Gasteiger partial charge in [-0.2, -0.15) is 0 Å². The SMILES string of the molecule is CCOC(=O)c1ccc(NC(=O)Cn2c3c(sc2=O)[C@@H](c2cccc(Br)c2)[C@@H]2[C@H]4CC[C@@H](C4)[C@H]2S3)cc1. The summed E-state index contributed by atoms with van der Waals surface area (Å²) in [5, 5.41) is 4.31. The van der Waals surface area contributed by atoms with Gasteiger partial charge in [-0.15, -0.1) is 11.8 Å². The lowest BCUT2D eigenvalue weighted by molar-refractivity contribution is -0.116. The van der Waals surface area contributed by atoms with Crippen LogP contribution in [0, 0.1) is 17.8 Å². The second-order valence-electron chi connectivity index (χ2n) is 10.00. The van der Waals surface area contributed by atoms with Crippen molar-refractivity contribution in [2.24, 2.45) is 17.8 Å². The van der Waals surface area contributed by atoms with Gasteiger partial charge in [-0.3, -0.25) is 14.2 Å². The number of hydrogen-bond donors (Lipinski definition) is 1. The summed E-state index contributed by atoms with van der Waals surface area (Å²) in [5.41, 5.74) is 2.25. The van der Waals surface area contributed by atoms with Crippen LogP contribution in [-0.2, 0) is 16.1 Å². The minimum atomic E-state index is -0.396. The number of rotatable bonds is 6. The van der Waals surface area contributed by atoms with E-state index in [1.54, 1.807) is 35.8 Å². The van der Waals surface area contributed by atoms with Crippen LogP contribution in [0.25, 0.3) is 0 Å². The van der Waals surface area contributed by atoms with Crippen molar-refractivity contribution in [3.8, 4) is 0 Å². The Bertz CT molecular complexity index is 1420. The van der Waals surface area contributed by atoms with Gasteiger partial charge in [0.25, 0.3) is 0 Å². The summed E-state index contributed by atoms with van der Waals surface area (Å²) in [5.74, 6) is 1.44. The maximum atomic E-state index is 13.2. The van der Waals surface area contributed by atoms with Gasteiger partial charge < -0.3 is 10.1 Å². The van der Waals surface area contributed by atoms with E-state index >= 15 is 0 Å². The number of hydrogen-bond acceptors (Lipinski definition) is 6. The second-order valence-corrected chi connectivity index (χ2v) is 13.1. The first kappa shape index (κ1) is 24.9. The topological polar surface area (TPSA) is 77.4 Å². The molecule has 2 aromatic carbocycles. The van der Waals surface area contributed by atoms with Crippen molar-refractivity contribution in [2.75, 3.05) is 11.9 Å². The molecule has 2 fully saturated rings. The van der Waals surface area contributed by atoms with Crippen LogP contribution in [0.4, 0.5) is 5.69 Å². The fourth-order valence-electron chi connectivity index (χ4n) is 6.41. The van der Waals surface area contributed by atoms with Gasteiger partial charge in [0.1, 0.15) is 6.54 Å². The molecule has 3 aromatic rings. The molecule has 192 valence electrons. The Morgan fingerprint density at radius 3 is 2.68 bits per heavy atom. The molecule has 37 heavy (non-hydrogen) atoms. The smallest absolute Gasteiger partial charge is 0.338 e. The third-order valence-corrected chi connectivity index (χ3v) is 11.2. The summed E-state index contributed by atoms with van der Waals surface area (Å²) in [6.45, 7) is 2.03. The molecule has 0 radical (unpaired) electrons. The largest absolute Gasteiger partial charge is 0.462 e. The molecule has 1 N–H and O–H groups in total. The molecule has 1 amide bonds. The number of amides is 1. The molecule has 0 saturated heterocycles. The predicted molar refractivity (Wildman–Crippen MR) is 150 cm³/mol. The maximum absolute atomic E-state index is 13.2. The molecule has 6 rings (SSSR count). The highest BCUT2D eigenvalue weighted by molar-refractivity contribution is 9.10. The zero-order valence-corrected chi connectivity index (χ0v) is 23.5. The van der Waals surface area contributed by atoms with Crippen molar-refractivity contribution in [3.63, 3.8) is 0 Å². The number of fused-ring (bicyclic) bond motifs is 6. The second kappa shape index (κ2) is 10.1. The van der Waals surface area contributed by atoms with Crippen molar-refractivity contribution in [1.82, 2.24) is 4.57 Å². The number of carbonyl (C=O) groups excluding carboxylic acids is 2. The highest BCUT2D eigenvalue weighted by Gasteiger charge is 2.55. The number of nitrogens with one attached hydrogen (secondary N) is 1. The third kappa shape index (κ3) is 4.59. The molecule has 5 atom stereocenters. The molecule has 1 aromatic heterocycles. The lowest BCUT2D eigenvalue weighted by Gasteiger charge is -2.40. The Balaban J connectivity index is 1.28. The fraction of sp³-hybridized carbons (Fsp3) is 0.393. The van der Waals surface area contributed by atoms with E-state index in [9.17, 15) is 14.4 Å². The monoisotopic (exact) mass is 598 g/mol. The number of anilines is 1.